The van der Waals surface area contributed by atoms with Gasteiger partial charge in [0.2, 0.25) is 0 Å². The van der Waals surface area contributed by atoms with Crippen molar-refractivity contribution in [2.45, 2.75) is 6.10 Å². The maximum absolute atomic E-state index is 10.2. The van der Waals surface area contributed by atoms with E-state index < -0.39 is 6.10 Å². The smallest absolute Gasteiger partial charge is 0.163 e. The number of hydrogen-bond acceptors (Lipinski definition) is 4. The standard InChI is InChI=1S/C10H11BrN2O3/c1-13-8(7(15-2)5-12-13)9(14)10-6(11)3-4-16-10/h3-5,9,14H,1-2H3. The van der Waals surface area contributed by atoms with Gasteiger partial charge in [-0.1, -0.05) is 0 Å². The van der Waals surface area contributed by atoms with Crippen LogP contribution < -0.4 is 4.74 Å². The number of nitrogens with zero attached hydrogens (tertiary/aromatic N) is 2. The first-order valence-electron chi connectivity index (χ1n) is 4.62. The highest BCUT2D eigenvalue weighted by molar-refractivity contribution is 9.10. The van der Waals surface area contributed by atoms with Gasteiger partial charge in [-0.25, -0.2) is 0 Å². The van der Waals surface area contributed by atoms with Crippen LogP contribution >= 0.6 is 15.9 Å². The van der Waals surface area contributed by atoms with Crippen molar-refractivity contribution < 1.29 is 14.3 Å². The summed E-state index contributed by atoms with van der Waals surface area (Å²) < 4.78 is 12.6. The van der Waals surface area contributed by atoms with Crippen LogP contribution in [0.3, 0.4) is 0 Å². The van der Waals surface area contributed by atoms with Crippen molar-refractivity contribution in [1.82, 2.24) is 9.78 Å². The fraction of sp³-hybridized carbons (Fsp3) is 0.300. The Morgan fingerprint density at radius 2 is 2.38 bits per heavy atom. The molecule has 2 heterocycles. The molecule has 2 aromatic heterocycles. The normalized spacial score (nSPS) is 12.8. The summed E-state index contributed by atoms with van der Waals surface area (Å²) in [7, 11) is 3.27. The van der Waals surface area contributed by atoms with Crippen LogP contribution in [-0.4, -0.2) is 22.0 Å². The van der Waals surface area contributed by atoms with Crippen LogP contribution in [0, 0.1) is 0 Å². The number of aryl methyl sites for hydroxylation is 1. The van der Waals surface area contributed by atoms with E-state index in [9.17, 15) is 5.11 Å². The molecule has 0 saturated carbocycles. The van der Waals surface area contributed by atoms with E-state index >= 15 is 0 Å². The second kappa shape index (κ2) is 4.31. The molecule has 6 heteroatoms. The van der Waals surface area contributed by atoms with E-state index in [0.29, 0.717) is 21.7 Å². The van der Waals surface area contributed by atoms with Crippen LogP contribution in [0.1, 0.15) is 17.6 Å². The van der Waals surface area contributed by atoms with Crippen molar-refractivity contribution in [1.29, 1.82) is 0 Å². The molecule has 0 aliphatic rings. The molecular formula is C10H11BrN2O3. The van der Waals surface area contributed by atoms with E-state index in [4.69, 9.17) is 9.15 Å². The number of aliphatic hydroxyl groups excluding tert-OH is 1. The number of aliphatic hydroxyl groups is 1. The molecule has 0 aliphatic heterocycles. The average Bonchev–Trinajstić information content (AvgIpc) is 2.83. The minimum atomic E-state index is -0.910. The van der Waals surface area contributed by atoms with E-state index in [-0.39, 0.29) is 0 Å². The number of furan rings is 1. The van der Waals surface area contributed by atoms with Gasteiger partial charge in [0.05, 0.1) is 24.0 Å². The zero-order valence-electron chi connectivity index (χ0n) is 8.85. The van der Waals surface area contributed by atoms with Gasteiger partial charge < -0.3 is 14.3 Å². The van der Waals surface area contributed by atoms with Crippen molar-refractivity contribution in [3.63, 3.8) is 0 Å². The van der Waals surface area contributed by atoms with Gasteiger partial charge in [0, 0.05) is 7.05 Å². The molecule has 2 rings (SSSR count). The van der Waals surface area contributed by atoms with Gasteiger partial charge in [0.1, 0.15) is 5.69 Å². The summed E-state index contributed by atoms with van der Waals surface area (Å²) >= 11 is 3.30. The highest BCUT2D eigenvalue weighted by Gasteiger charge is 2.24. The first-order chi connectivity index (χ1) is 7.65. The maximum atomic E-state index is 10.2. The van der Waals surface area contributed by atoms with Crippen LogP contribution in [-0.2, 0) is 7.05 Å². The lowest BCUT2D eigenvalue weighted by Crippen LogP contribution is -2.07. The topological polar surface area (TPSA) is 60.4 Å². The quantitative estimate of drug-likeness (QED) is 0.936. The summed E-state index contributed by atoms with van der Waals surface area (Å²) in [5.41, 5.74) is 0.554. The van der Waals surface area contributed by atoms with Crippen molar-refractivity contribution in [3.05, 3.63) is 34.5 Å². The third-order valence-electron chi connectivity index (χ3n) is 2.32. The summed E-state index contributed by atoms with van der Waals surface area (Å²) in [4.78, 5) is 0. The van der Waals surface area contributed by atoms with Gasteiger partial charge in [-0.15, -0.1) is 0 Å². The SMILES string of the molecule is COc1cnn(C)c1C(O)c1occc1Br. The Bertz CT molecular complexity index is 492. The lowest BCUT2D eigenvalue weighted by molar-refractivity contribution is 0.174. The summed E-state index contributed by atoms with van der Waals surface area (Å²) in [6, 6.07) is 1.72. The molecule has 0 amide bonds. The molecule has 0 bridgehead atoms. The highest BCUT2D eigenvalue weighted by atomic mass is 79.9. The van der Waals surface area contributed by atoms with E-state index in [2.05, 4.69) is 21.0 Å². The molecule has 0 saturated heterocycles. The molecule has 0 fully saturated rings. The van der Waals surface area contributed by atoms with Gasteiger partial charge in [-0.3, -0.25) is 4.68 Å². The second-order valence-corrected chi connectivity index (χ2v) is 4.11. The Morgan fingerprint density at radius 3 is 2.94 bits per heavy atom. The summed E-state index contributed by atoms with van der Waals surface area (Å²) in [6.07, 6.45) is 2.15. The molecule has 0 aliphatic carbocycles. The Balaban J connectivity index is 2.44. The largest absolute Gasteiger partial charge is 0.493 e. The number of halogens is 1. The zero-order valence-corrected chi connectivity index (χ0v) is 10.4. The third-order valence-corrected chi connectivity index (χ3v) is 2.98. The predicted molar refractivity (Wildman–Crippen MR) is 60.2 cm³/mol. The first-order valence-corrected chi connectivity index (χ1v) is 5.41. The van der Waals surface area contributed by atoms with E-state index in [0.717, 1.165) is 0 Å². The monoisotopic (exact) mass is 286 g/mol. The van der Waals surface area contributed by atoms with Crippen LogP contribution in [0.15, 0.2) is 27.4 Å². The number of aromatic nitrogens is 2. The van der Waals surface area contributed by atoms with E-state index in [1.54, 1.807) is 24.0 Å². The van der Waals surface area contributed by atoms with Crippen LogP contribution in [0.5, 0.6) is 5.75 Å². The Kier molecular flexibility index (Phi) is 3.02. The van der Waals surface area contributed by atoms with Crippen molar-refractivity contribution in [2.75, 3.05) is 7.11 Å². The number of rotatable bonds is 3. The second-order valence-electron chi connectivity index (χ2n) is 3.26. The van der Waals surface area contributed by atoms with Crippen molar-refractivity contribution in [2.24, 2.45) is 7.05 Å². The van der Waals surface area contributed by atoms with Crippen LogP contribution in [0.2, 0.25) is 0 Å². The van der Waals surface area contributed by atoms with Gasteiger partial charge in [-0.05, 0) is 22.0 Å². The van der Waals surface area contributed by atoms with Crippen LogP contribution in [0.25, 0.3) is 0 Å². The minimum Gasteiger partial charge on any atom is -0.493 e. The maximum Gasteiger partial charge on any atom is 0.163 e. The zero-order chi connectivity index (χ0) is 11.7. The fourth-order valence-corrected chi connectivity index (χ4v) is 1.94. The van der Waals surface area contributed by atoms with Crippen molar-refractivity contribution in [3.8, 4) is 5.75 Å². The molecule has 0 aromatic carbocycles. The molecule has 16 heavy (non-hydrogen) atoms. The number of hydrogen-bond donors (Lipinski definition) is 1. The third kappa shape index (κ3) is 1.74. The van der Waals surface area contributed by atoms with Gasteiger partial charge in [-0.2, -0.15) is 5.10 Å². The highest BCUT2D eigenvalue weighted by Crippen LogP contribution is 2.33. The van der Waals surface area contributed by atoms with Gasteiger partial charge in [0.15, 0.2) is 17.6 Å². The Labute approximate surface area is 101 Å². The lowest BCUT2D eigenvalue weighted by atomic mass is 10.2. The molecule has 5 nitrogen and oxygen atoms in total. The summed E-state index contributed by atoms with van der Waals surface area (Å²) in [6.45, 7) is 0. The molecule has 1 N–H and O–H groups in total. The molecule has 1 unspecified atom stereocenters. The number of methoxy groups -OCH3 is 1. The molecule has 0 radical (unpaired) electrons. The van der Waals surface area contributed by atoms with Gasteiger partial charge >= 0.3 is 0 Å². The molecular weight excluding hydrogens is 276 g/mol. The van der Waals surface area contributed by atoms with E-state index in [1.165, 1.54) is 13.4 Å². The Morgan fingerprint density at radius 1 is 1.62 bits per heavy atom. The molecule has 86 valence electrons. The molecule has 0 spiro atoms. The molecule has 2 aromatic rings. The average molecular weight is 287 g/mol. The summed E-state index contributed by atoms with van der Waals surface area (Å²) in [5.74, 6) is 0.959. The lowest BCUT2D eigenvalue weighted by Gasteiger charge is -2.11. The predicted octanol–water partition coefficient (Wildman–Crippen LogP) is 1.87. The molecule has 1 atom stereocenters. The minimum absolute atomic E-state index is 0.432. The fourth-order valence-electron chi connectivity index (χ4n) is 1.52. The first kappa shape index (κ1) is 11.2. The summed E-state index contributed by atoms with van der Waals surface area (Å²) in [5, 5.41) is 14.2. The van der Waals surface area contributed by atoms with Gasteiger partial charge in [0.25, 0.3) is 0 Å². The van der Waals surface area contributed by atoms with Crippen LogP contribution in [0.4, 0.5) is 0 Å². The Hall–Kier alpha value is -1.27. The van der Waals surface area contributed by atoms with Crippen molar-refractivity contribution >= 4 is 15.9 Å². The number of ether oxygens (including phenoxy) is 1. The van der Waals surface area contributed by atoms with E-state index in [1.807, 2.05) is 0 Å².